The fraction of sp³-hybridized carbons (Fsp3) is 0.429. The number of terminal acetylenes is 2. The normalized spacial score (nSPS) is 31.2. The zero-order valence-electron chi connectivity index (χ0n) is 11.4. The maximum absolute atomic E-state index is 11.8. The monoisotopic (exact) mass is 306 g/mol. The molecule has 1 fully saturated rings. The minimum Gasteiger partial charge on any atom is -0.387 e. The van der Waals surface area contributed by atoms with E-state index in [1.54, 1.807) is 0 Å². The van der Waals surface area contributed by atoms with Gasteiger partial charge in [-0.1, -0.05) is 11.8 Å². The number of H-pyrrole nitrogens is 1. The van der Waals surface area contributed by atoms with Gasteiger partial charge < -0.3 is 19.7 Å². The van der Waals surface area contributed by atoms with Gasteiger partial charge in [-0.2, -0.15) is 0 Å². The van der Waals surface area contributed by atoms with Gasteiger partial charge in [0.2, 0.25) is 0 Å². The second-order valence-corrected chi connectivity index (χ2v) is 4.63. The SMILES string of the molecule is C#CCO[C@]1(C#C)[C@H](O)CO[C@@H](n2ccc(=O)[nH]c2=O)[C@@H]1O. The van der Waals surface area contributed by atoms with Crippen molar-refractivity contribution in [1.29, 1.82) is 0 Å². The number of rotatable bonds is 3. The predicted octanol–water partition coefficient (Wildman–Crippen LogP) is -2.19. The molecule has 116 valence electrons. The molecule has 0 spiro atoms. The van der Waals surface area contributed by atoms with Gasteiger partial charge in [0, 0.05) is 12.3 Å². The Kier molecular flexibility index (Phi) is 4.50. The van der Waals surface area contributed by atoms with Crippen LogP contribution < -0.4 is 11.2 Å². The third-order valence-electron chi connectivity index (χ3n) is 3.37. The molecule has 4 atom stereocenters. The van der Waals surface area contributed by atoms with E-state index in [1.807, 2.05) is 4.98 Å². The number of nitrogens with zero attached hydrogens (tertiary/aromatic N) is 1. The van der Waals surface area contributed by atoms with Crippen molar-refractivity contribution in [3.63, 3.8) is 0 Å². The van der Waals surface area contributed by atoms with Crippen LogP contribution in [0.5, 0.6) is 0 Å². The molecule has 0 aliphatic carbocycles. The minimum atomic E-state index is -1.83. The fourth-order valence-corrected chi connectivity index (χ4v) is 2.24. The highest BCUT2D eigenvalue weighted by molar-refractivity contribution is 5.19. The van der Waals surface area contributed by atoms with Gasteiger partial charge in [-0.25, -0.2) is 4.79 Å². The third-order valence-corrected chi connectivity index (χ3v) is 3.37. The highest BCUT2D eigenvalue weighted by atomic mass is 16.6. The van der Waals surface area contributed by atoms with Crippen molar-refractivity contribution in [3.05, 3.63) is 33.1 Å². The molecular weight excluding hydrogens is 292 g/mol. The lowest BCUT2D eigenvalue weighted by atomic mass is 9.87. The molecule has 0 radical (unpaired) electrons. The Morgan fingerprint density at radius 1 is 1.50 bits per heavy atom. The summed E-state index contributed by atoms with van der Waals surface area (Å²) in [5, 5.41) is 20.5. The minimum absolute atomic E-state index is 0.244. The molecule has 8 heteroatoms. The number of hydrogen-bond donors (Lipinski definition) is 3. The molecule has 0 bridgehead atoms. The van der Waals surface area contributed by atoms with Crippen LogP contribution in [-0.4, -0.2) is 50.8 Å². The highest BCUT2D eigenvalue weighted by Crippen LogP contribution is 2.33. The second-order valence-electron chi connectivity index (χ2n) is 4.63. The summed E-state index contributed by atoms with van der Waals surface area (Å²) in [5.41, 5.74) is -3.22. The standard InChI is InChI=1S/C14H14N2O6/c1-3-7-22-14(4-2)9(17)8-21-12(11(14)19)16-6-5-10(18)15-13(16)20/h1-2,5-6,9,11-12,17,19H,7-8H2,(H,15,18,20)/t9-,11+,12-,14-/m1/s1. The lowest BCUT2D eigenvalue weighted by Crippen LogP contribution is -2.62. The fourth-order valence-electron chi connectivity index (χ4n) is 2.24. The van der Waals surface area contributed by atoms with E-state index >= 15 is 0 Å². The van der Waals surface area contributed by atoms with Crippen molar-refractivity contribution < 1.29 is 19.7 Å². The molecule has 0 unspecified atom stereocenters. The Morgan fingerprint density at radius 2 is 2.23 bits per heavy atom. The number of aliphatic hydroxyl groups excluding tert-OH is 2. The van der Waals surface area contributed by atoms with Crippen LogP contribution in [0.4, 0.5) is 0 Å². The molecule has 1 aliphatic heterocycles. The van der Waals surface area contributed by atoms with Crippen LogP contribution in [0.3, 0.4) is 0 Å². The van der Waals surface area contributed by atoms with E-state index in [4.69, 9.17) is 22.3 Å². The third kappa shape index (κ3) is 2.56. The molecule has 22 heavy (non-hydrogen) atoms. The van der Waals surface area contributed by atoms with E-state index in [2.05, 4.69) is 11.8 Å². The van der Waals surface area contributed by atoms with E-state index in [0.29, 0.717) is 0 Å². The van der Waals surface area contributed by atoms with Crippen molar-refractivity contribution in [2.24, 2.45) is 0 Å². The summed E-state index contributed by atoms with van der Waals surface area (Å²) >= 11 is 0. The van der Waals surface area contributed by atoms with Crippen LogP contribution >= 0.6 is 0 Å². The molecule has 2 heterocycles. The van der Waals surface area contributed by atoms with E-state index < -0.39 is 35.3 Å². The summed E-state index contributed by atoms with van der Waals surface area (Å²) in [7, 11) is 0. The van der Waals surface area contributed by atoms with Gasteiger partial charge in [0.1, 0.15) is 18.8 Å². The van der Waals surface area contributed by atoms with Crippen LogP contribution in [-0.2, 0) is 9.47 Å². The largest absolute Gasteiger partial charge is 0.387 e. The first kappa shape index (κ1) is 16.0. The van der Waals surface area contributed by atoms with E-state index in [0.717, 1.165) is 16.8 Å². The summed E-state index contributed by atoms with van der Waals surface area (Å²) in [4.78, 5) is 24.9. The van der Waals surface area contributed by atoms with Crippen LogP contribution in [0.25, 0.3) is 0 Å². The van der Waals surface area contributed by atoms with E-state index in [1.165, 1.54) is 0 Å². The molecule has 3 N–H and O–H groups in total. The number of aliphatic hydroxyl groups is 2. The molecule has 1 saturated heterocycles. The number of ether oxygens (including phenoxy) is 2. The van der Waals surface area contributed by atoms with Gasteiger partial charge in [-0.15, -0.1) is 12.8 Å². The molecular formula is C14H14N2O6. The molecule has 1 aromatic rings. The average Bonchev–Trinajstić information content (AvgIpc) is 2.49. The number of aromatic nitrogens is 2. The Bertz CT molecular complexity index is 739. The summed E-state index contributed by atoms with van der Waals surface area (Å²) < 4.78 is 11.5. The van der Waals surface area contributed by atoms with E-state index in [-0.39, 0.29) is 13.2 Å². The van der Waals surface area contributed by atoms with E-state index in [9.17, 15) is 19.8 Å². The Labute approximate surface area is 125 Å². The summed E-state index contributed by atoms with van der Waals surface area (Å²) in [6, 6.07) is 1.09. The molecule has 8 nitrogen and oxygen atoms in total. The van der Waals surface area contributed by atoms with Crippen LogP contribution in [0.15, 0.2) is 21.9 Å². The summed E-state index contributed by atoms with van der Waals surface area (Å²) in [6.45, 7) is -0.534. The molecule has 1 aliphatic rings. The van der Waals surface area contributed by atoms with Gasteiger partial charge in [0.25, 0.3) is 5.56 Å². The number of hydrogen-bond acceptors (Lipinski definition) is 6. The van der Waals surface area contributed by atoms with Gasteiger partial charge >= 0.3 is 5.69 Å². The van der Waals surface area contributed by atoms with Gasteiger partial charge in [-0.05, 0) is 0 Å². The Balaban J connectivity index is 2.44. The molecule has 0 amide bonds. The van der Waals surface area contributed by atoms with Gasteiger partial charge in [-0.3, -0.25) is 14.3 Å². The first-order valence-corrected chi connectivity index (χ1v) is 6.30. The summed E-state index contributed by atoms with van der Waals surface area (Å²) in [5.74, 6) is 4.39. The Hall–Kier alpha value is -2.36. The molecule has 1 aromatic heterocycles. The molecule has 0 aromatic carbocycles. The lowest BCUT2D eigenvalue weighted by molar-refractivity contribution is -0.251. The molecule has 0 saturated carbocycles. The Morgan fingerprint density at radius 3 is 2.82 bits per heavy atom. The van der Waals surface area contributed by atoms with Crippen molar-refractivity contribution in [2.75, 3.05) is 13.2 Å². The average molecular weight is 306 g/mol. The number of aromatic amines is 1. The van der Waals surface area contributed by atoms with Crippen molar-refractivity contribution in [3.8, 4) is 24.7 Å². The van der Waals surface area contributed by atoms with Crippen molar-refractivity contribution in [1.82, 2.24) is 9.55 Å². The van der Waals surface area contributed by atoms with Gasteiger partial charge in [0.15, 0.2) is 11.8 Å². The highest BCUT2D eigenvalue weighted by Gasteiger charge is 2.53. The van der Waals surface area contributed by atoms with Crippen LogP contribution in [0.1, 0.15) is 6.23 Å². The lowest BCUT2D eigenvalue weighted by Gasteiger charge is -2.44. The smallest absolute Gasteiger partial charge is 0.330 e. The van der Waals surface area contributed by atoms with Crippen molar-refractivity contribution >= 4 is 0 Å². The van der Waals surface area contributed by atoms with Crippen LogP contribution in [0.2, 0.25) is 0 Å². The quantitative estimate of drug-likeness (QED) is 0.547. The zero-order chi connectivity index (χ0) is 16.3. The second kappa shape index (κ2) is 6.18. The number of nitrogens with one attached hydrogen (secondary N) is 1. The topological polar surface area (TPSA) is 114 Å². The maximum Gasteiger partial charge on any atom is 0.330 e. The maximum atomic E-state index is 11.8. The molecule has 2 rings (SSSR count). The first-order valence-electron chi connectivity index (χ1n) is 6.30. The van der Waals surface area contributed by atoms with Crippen LogP contribution in [0, 0.1) is 24.7 Å². The summed E-state index contributed by atoms with van der Waals surface area (Å²) in [6.07, 6.45) is 7.48. The predicted molar refractivity (Wildman–Crippen MR) is 74.7 cm³/mol. The zero-order valence-corrected chi connectivity index (χ0v) is 11.4. The first-order chi connectivity index (χ1) is 10.5. The van der Waals surface area contributed by atoms with Gasteiger partial charge in [0.05, 0.1) is 6.61 Å². The van der Waals surface area contributed by atoms with Crippen molar-refractivity contribution in [2.45, 2.75) is 24.0 Å².